The summed E-state index contributed by atoms with van der Waals surface area (Å²) >= 11 is 1.89. The summed E-state index contributed by atoms with van der Waals surface area (Å²) in [6, 6.07) is 2.13. The molecule has 0 amide bonds. The van der Waals surface area contributed by atoms with E-state index in [1.165, 1.54) is 0 Å². The molecule has 2 nitrogen and oxygen atoms in total. The van der Waals surface area contributed by atoms with E-state index in [0.717, 1.165) is 24.5 Å². The average molecular weight is 172 g/mol. The van der Waals surface area contributed by atoms with Crippen molar-refractivity contribution in [3.05, 3.63) is 0 Å². The largest absolute Gasteiger partial charge is 0.330 e. The SMILES string of the molecule is CC(CN)CSCCCC#N. The van der Waals surface area contributed by atoms with Gasteiger partial charge < -0.3 is 5.73 Å². The molecule has 0 fully saturated rings. The lowest BCUT2D eigenvalue weighted by molar-refractivity contribution is 0.675. The molecule has 0 saturated heterocycles. The Morgan fingerprint density at radius 3 is 2.91 bits per heavy atom. The van der Waals surface area contributed by atoms with Crippen molar-refractivity contribution in [2.75, 3.05) is 18.1 Å². The summed E-state index contributed by atoms with van der Waals surface area (Å²) in [7, 11) is 0. The third-order valence-electron chi connectivity index (χ3n) is 1.38. The van der Waals surface area contributed by atoms with Crippen LogP contribution in [0.25, 0.3) is 0 Å². The normalized spacial score (nSPS) is 12.5. The fraction of sp³-hybridized carbons (Fsp3) is 0.875. The monoisotopic (exact) mass is 172 g/mol. The molecule has 0 bridgehead atoms. The van der Waals surface area contributed by atoms with Crippen molar-refractivity contribution in [2.45, 2.75) is 19.8 Å². The summed E-state index contributed by atoms with van der Waals surface area (Å²) in [5.74, 6) is 2.84. The Labute approximate surface area is 73.1 Å². The second-order valence-electron chi connectivity index (χ2n) is 2.68. The van der Waals surface area contributed by atoms with Gasteiger partial charge in [0.25, 0.3) is 0 Å². The van der Waals surface area contributed by atoms with Gasteiger partial charge in [-0.05, 0) is 30.4 Å². The molecule has 0 heterocycles. The fourth-order valence-corrected chi connectivity index (χ4v) is 1.66. The van der Waals surface area contributed by atoms with Crippen LogP contribution >= 0.6 is 11.8 Å². The first-order valence-electron chi connectivity index (χ1n) is 3.96. The van der Waals surface area contributed by atoms with Crippen LogP contribution in [-0.4, -0.2) is 18.1 Å². The number of nitrogens with zero attached hydrogens (tertiary/aromatic N) is 1. The predicted molar refractivity (Wildman–Crippen MR) is 50.4 cm³/mol. The molecule has 0 aromatic rings. The molecule has 1 atom stereocenters. The molecule has 1 unspecified atom stereocenters. The summed E-state index contributed by atoms with van der Waals surface area (Å²) in [6.07, 6.45) is 1.70. The van der Waals surface area contributed by atoms with Crippen molar-refractivity contribution in [2.24, 2.45) is 11.7 Å². The van der Waals surface area contributed by atoms with Crippen LogP contribution < -0.4 is 5.73 Å². The maximum absolute atomic E-state index is 8.24. The molecule has 2 N–H and O–H groups in total. The van der Waals surface area contributed by atoms with Crippen molar-refractivity contribution in [1.29, 1.82) is 5.26 Å². The van der Waals surface area contributed by atoms with E-state index >= 15 is 0 Å². The van der Waals surface area contributed by atoms with E-state index in [0.29, 0.717) is 12.3 Å². The highest BCUT2D eigenvalue weighted by Gasteiger charge is 1.97. The summed E-state index contributed by atoms with van der Waals surface area (Å²) in [4.78, 5) is 0. The van der Waals surface area contributed by atoms with E-state index in [2.05, 4.69) is 13.0 Å². The molecular formula is C8H16N2S. The van der Waals surface area contributed by atoms with Crippen LogP contribution in [0, 0.1) is 17.2 Å². The van der Waals surface area contributed by atoms with Crippen molar-refractivity contribution in [3.63, 3.8) is 0 Å². The first kappa shape index (κ1) is 10.8. The highest BCUT2D eigenvalue weighted by atomic mass is 32.2. The maximum Gasteiger partial charge on any atom is 0.0622 e. The quantitative estimate of drug-likeness (QED) is 0.619. The standard InChI is InChI=1S/C8H16N2S/c1-8(6-10)7-11-5-3-2-4-9/h8H,2-3,5-7,10H2,1H3. The maximum atomic E-state index is 8.24. The van der Waals surface area contributed by atoms with Gasteiger partial charge in [0.1, 0.15) is 0 Å². The molecule has 11 heavy (non-hydrogen) atoms. The first-order chi connectivity index (χ1) is 5.31. The zero-order valence-electron chi connectivity index (χ0n) is 7.05. The van der Waals surface area contributed by atoms with E-state index in [1.54, 1.807) is 0 Å². The number of nitriles is 1. The lowest BCUT2D eigenvalue weighted by Gasteiger charge is -2.05. The first-order valence-corrected chi connectivity index (χ1v) is 5.11. The number of thioether (sulfide) groups is 1. The van der Waals surface area contributed by atoms with Gasteiger partial charge in [-0.1, -0.05) is 6.92 Å². The molecule has 0 aliphatic rings. The van der Waals surface area contributed by atoms with Crippen LogP contribution in [0.3, 0.4) is 0 Å². The Morgan fingerprint density at radius 1 is 1.64 bits per heavy atom. The van der Waals surface area contributed by atoms with Gasteiger partial charge >= 0.3 is 0 Å². The van der Waals surface area contributed by atoms with Gasteiger partial charge in [-0.25, -0.2) is 0 Å². The highest BCUT2D eigenvalue weighted by molar-refractivity contribution is 7.99. The minimum atomic E-state index is 0.613. The lowest BCUT2D eigenvalue weighted by atomic mass is 10.2. The predicted octanol–water partition coefficient (Wildman–Crippen LogP) is 1.62. The smallest absolute Gasteiger partial charge is 0.0622 e. The Hall–Kier alpha value is -0.200. The number of hydrogen-bond donors (Lipinski definition) is 1. The summed E-state index contributed by atoms with van der Waals surface area (Å²) < 4.78 is 0. The van der Waals surface area contributed by atoms with Crippen LogP contribution in [0.5, 0.6) is 0 Å². The number of nitrogens with two attached hydrogens (primary N) is 1. The number of hydrogen-bond acceptors (Lipinski definition) is 3. The van der Waals surface area contributed by atoms with E-state index in [4.69, 9.17) is 11.0 Å². The van der Waals surface area contributed by atoms with Crippen LogP contribution in [0.1, 0.15) is 19.8 Å². The molecule has 0 aliphatic carbocycles. The lowest BCUT2D eigenvalue weighted by Crippen LogP contribution is -2.12. The van der Waals surface area contributed by atoms with E-state index in [1.807, 2.05) is 11.8 Å². The van der Waals surface area contributed by atoms with Crippen molar-refractivity contribution >= 4 is 11.8 Å². The molecule has 0 aliphatic heterocycles. The molecule has 0 aromatic carbocycles. The van der Waals surface area contributed by atoms with Crippen molar-refractivity contribution < 1.29 is 0 Å². The van der Waals surface area contributed by atoms with Gasteiger partial charge in [0.15, 0.2) is 0 Å². The molecular weight excluding hydrogens is 156 g/mol. The van der Waals surface area contributed by atoms with Gasteiger partial charge in [0.05, 0.1) is 6.07 Å². The Balaban J connectivity index is 2.97. The van der Waals surface area contributed by atoms with Crippen LogP contribution in [0.4, 0.5) is 0 Å². The molecule has 0 radical (unpaired) electrons. The van der Waals surface area contributed by atoms with E-state index < -0.39 is 0 Å². The molecule has 3 heteroatoms. The molecule has 64 valence electrons. The van der Waals surface area contributed by atoms with Gasteiger partial charge in [-0.2, -0.15) is 17.0 Å². The second kappa shape index (κ2) is 7.90. The summed E-state index contributed by atoms with van der Waals surface area (Å²) in [6.45, 7) is 2.92. The zero-order valence-corrected chi connectivity index (χ0v) is 7.86. The Bertz CT molecular complexity index is 120. The Kier molecular flexibility index (Phi) is 7.76. The average Bonchev–Trinajstić information content (AvgIpc) is 2.04. The van der Waals surface area contributed by atoms with E-state index in [-0.39, 0.29) is 0 Å². The van der Waals surface area contributed by atoms with Crippen LogP contribution in [-0.2, 0) is 0 Å². The fourth-order valence-electron chi connectivity index (χ4n) is 0.606. The summed E-state index contributed by atoms with van der Waals surface area (Å²) in [5.41, 5.74) is 5.45. The van der Waals surface area contributed by atoms with Gasteiger partial charge in [-0.15, -0.1) is 0 Å². The van der Waals surface area contributed by atoms with Crippen LogP contribution in [0.2, 0.25) is 0 Å². The highest BCUT2D eigenvalue weighted by Crippen LogP contribution is 2.08. The third-order valence-corrected chi connectivity index (χ3v) is 2.76. The topological polar surface area (TPSA) is 49.8 Å². The molecule has 0 aromatic heterocycles. The van der Waals surface area contributed by atoms with Gasteiger partial charge in [-0.3, -0.25) is 0 Å². The van der Waals surface area contributed by atoms with Gasteiger partial charge in [0, 0.05) is 6.42 Å². The second-order valence-corrected chi connectivity index (χ2v) is 3.83. The molecule has 0 spiro atoms. The zero-order chi connectivity index (χ0) is 8.53. The van der Waals surface area contributed by atoms with E-state index in [9.17, 15) is 0 Å². The number of unbranched alkanes of at least 4 members (excludes halogenated alkanes) is 1. The molecule has 0 rings (SSSR count). The molecule has 0 saturated carbocycles. The number of rotatable bonds is 6. The Morgan fingerprint density at radius 2 is 2.36 bits per heavy atom. The third kappa shape index (κ3) is 7.70. The van der Waals surface area contributed by atoms with Crippen molar-refractivity contribution in [1.82, 2.24) is 0 Å². The van der Waals surface area contributed by atoms with Gasteiger partial charge in [0.2, 0.25) is 0 Å². The van der Waals surface area contributed by atoms with Crippen LogP contribution in [0.15, 0.2) is 0 Å². The minimum Gasteiger partial charge on any atom is -0.330 e. The summed E-state index contributed by atoms with van der Waals surface area (Å²) in [5, 5.41) is 8.24. The van der Waals surface area contributed by atoms with Crippen molar-refractivity contribution in [3.8, 4) is 6.07 Å². The minimum absolute atomic E-state index is 0.613.